The third-order valence-corrected chi connectivity index (χ3v) is 3.24. The molecule has 1 aromatic heterocycles. The summed E-state index contributed by atoms with van der Waals surface area (Å²) in [5, 5.41) is 0. The fourth-order valence-corrected chi connectivity index (χ4v) is 2.28. The molecule has 96 valence electrons. The number of aryl methyl sites for hydroxylation is 4. The molecule has 0 amide bonds. The normalized spacial score (nSPS) is 10.0. The van der Waals surface area contributed by atoms with Gasteiger partial charge in [-0.05, 0) is 44.4 Å². The Morgan fingerprint density at radius 2 is 1.33 bits per heavy atom. The lowest BCUT2D eigenvalue weighted by Crippen LogP contribution is -3.00. The molecule has 0 aliphatic carbocycles. The molecule has 0 saturated heterocycles. The summed E-state index contributed by atoms with van der Waals surface area (Å²) < 4.78 is 2.23. The standard InChI is InChI=1S/C16H20N.ClH/c1-12-5-7-17(8-6-12)11-16-14(3)9-13(2)10-15(16)4;/h5-10H,11H2,1-4H3;1H/q+1;/p-1. The van der Waals surface area contributed by atoms with Crippen molar-refractivity contribution in [3.05, 3.63) is 64.5 Å². The Balaban J connectivity index is 0.00000162. The van der Waals surface area contributed by atoms with Crippen molar-refractivity contribution >= 4 is 0 Å². The van der Waals surface area contributed by atoms with Crippen molar-refractivity contribution in [2.24, 2.45) is 0 Å². The van der Waals surface area contributed by atoms with E-state index >= 15 is 0 Å². The van der Waals surface area contributed by atoms with E-state index in [0.29, 0.717) is 0 Å². The minimum Gasteiger partial charge on any atom is -1.00 e. The van der Waals surface area contributed by atoms with Crippen LogP contribution in [-0.4, -0.2) is 0 Å². The van der Waals surface area contributed by atoms with Gasteiger partial charge in [0, 0.05) is 17.7 Å². The van der Waals surface area contributed by atoms with Crippen molar-refractivity contribution in [2.45, 2.75) is 34.2 Å². The first-order valence-corrected chi connectivity index (χ1v) is 6.08. The SMILES string of the molecule is Cc1cc[n+](Cc2c(C)cc(C)cc2C)cc1.[Cl-]. The average molecular weight is 262 g/mol. The topological polar surface area (TPSA) is 3.88 Å². The summed E-state index contributed by atoms with van der Waals surface area (Å²) in [6.07, 6.45) is 4.29. The number of benzene rings is 1. The smallest absolute Gasteiger partial charge is 0.174 e. The van der Waals surface area contributed by atoms with Gasteiger partial charge in [-0.1, -0.05) is 17.7 Å². The number of rotatable bonds is 2. The quantitative estimate of drug-likeness (QED) is 0.683. The van der Waals surface area contributed by atoms with Gasteiger partial charge in [0.05, 0.1) is 0 Å². The Kier molecular flexibility index (Phi) is 4.92. The zero-order valence-corrected chi connectivity index (χ0v) is 12.3. The van der Waals surface area contributed by atoms with Gasteiger partial charge in [0.2, 0.25) is 0 Å². The third kappa shape index (κ3) is 3.33. The molecule has 0 saturated carbocycles. The lowest BCUT2D eigenvalue weighted by atomic mass is 10.00. The van der Waals surface area contributed by atoms with Crippen LogP contribution in [-0.2, 0) is 6.54 Å². The summed E-state index contributed by atoms with van der Waals surface area (Å²) in [5.74, 6) is 0. The summed E-state index contributed by atoms with van der Waals surface area (Å²) in [7, 11) is 0. The Morgan fingerprint density at radius 1 is 0.833 bits per heavy atom. The summed E-state index contributed by atoms with van der Waals surface area (Å²) in [6, 6.07) is 8.83. The minimum atomic E-state index is 0. The van der Waals surface area contributed by atoms with E-state index in [1.54, 1.807) is 0 Å². The largest absolute Gasteiger partial charge is 1.00 e. The van der Waals surface area contributed by atoms with Crippen LogP contribution >= 0.6 is 0 Å². The van der Waals surface area contributed by atoms with Gasteiger partial charge in [-0.25, -0.2) is 4.57 Å². The van der Waals surface area contributed by atoms with Crippen molar-refractivity contribution in [3.8, 4) is 0 Å². The molecular formula is C16H20ClN. The fraction of sp³-hybridized carbons (Fsp3) is 0.312. The number of hydrogen-bond acceptors (Lipinski definition) is 0. The first-order valence-electron chi connectivity index (χ1n) is 6.08. The van der Waals surface area contributed by atoms with E-state index in [0.717, 1.165) is 6.54 Å². The molecule has 0 spiro atoms. The molecule has 0 atom stereocenters. The van der Waals surface area contributed by atoms with Crippen LogP contribution in [0, 0.1) is 27.7 Å². The maximum Gasteiger partial charge on any atom is 0.174 e. The summed E-state index contributed by atoms with van der Waals surface area (Å²) in [6.45, 7) is 9.63. The molecule has 0 aliphatic heterocycles. The lowest BCUT2D eigenvalue weighted by molar-refractivity contribution is -0.688. The Hall–Kier alpha value is -1.34. The van der Waals surface area contributed by atoms with E-state index in [-0.39, 0.29) is 12.4 Å². The number of nitrogens with zero attached hydrogens (tertiary/aromatic N) is 1. The first-order chi connectivity index (χ1) is 8.06. The highest BCUT2D eigenvalue weighted by Gasteiger charge is 2.08. The molecular weight excluding hydrogens is 242 g/mol. The maximum atomic E-state index is 2.26. The van der Waals surface area contributed by atoms with E-state index in [2.05, 4.69) is 68.9 Å². The van der Waals surface area contributed by atoms with Crippen molar-refractivity contribution in [2.75, 3.05) is 0 Å². The molecule has 2 rings (SSSR count). The zero-order valence-electron chi connectivity index (χ0n) is 11.5. The van der Waals surface area contributed by atoms with Gasteiger partial charge >= 0.3 is 0 Å². The molecule has 0 bridgehead atoms. The first kappa shape index (κ1) is 14.7. The maximum absolute atomic E-state index is 2.26. The zero-order chi connectivity index (χ0) is 12.4. The van der Waals surface area contributed by atoms with Crippen molar-refractivity contribution < 1.29 is 17.0 Å². The summed E-state index contributed by atoms with van der Waals surface area (Å²) in [5.41, 5.74) is 6.85. The average Bonchev–Trinajstić information content (AvgIpc) is 2.26. The fourth-order valence-electron chi connectivity index (χ4n) is 2.28. The van der Waals surface area contributed by atoms with E-state index in [4.69, 9.17) is 0 Å². The molecule has 18 heavy (non-hydrogen) atoms. The molecule has 0 aliphatic rings. The van der Waals surface area contributed by atoms with Crippen molar-refractivity contribution in [1.29, 1.82) is 0 Å². The molecule has 1 heterocycles. The molecule has 0 N–H and O–H groups in total. The van der Waals surface area contributed by atoms with Gasteiger partial charge in [0.15, 0.2) is 18.9 Å². The van der Waals surface area contributed by atoms with E-state index in [9.17, 15) is 0 Å². The molecule has 0 unspecified atom stereocenters. The second-order valence-electron chi connectivity index (χ2n) is 4.93. The van der Waals surface area contributed by atoms with Crippen LogP contribution in [0.15, 0.2) is 36.7 Å². The van der Waals surface area contributed by atoms with Gasteiger partial charge in [-0.2, -0.15) is 0 Å². The predicted molar refractivity (Wildman–Crippen MR) is 71.1 cm³/mol. The van der Waals surface area contributed by atoms with Crippen LogP contribution < -0.4 is 17.0 Å². The molecule has 1 nitrogen and oxygen atoms in total. The highest BCUT2D eigenvalue weighted by atomic mass is 35.5. The molecule has 0 radical (unpaired) electrons. The number of pyridine rings is 1. The Bertz CT molecular complexity index is 506. The van der Waals surface area contributed by atoms with Crippen LogP contribution in [0.5, 0.6) is 0 Å². The summed E-state index contributed by atoms with van der Waals surface area (Å²) >= 11 is 0. The third-order valence-electron chi connectivity index (χ3n) is 3.24. The molecule has 2 heteroatoms. The monoisotopic (exact) mass is 261 g/mol. The number of hydrogen-bond donors (Lipinski definition) is 0. The van der Waals surface area contributed by atoms with Gasteiger partial charge in [0.1, 0.15) is 0 Å². The second kappa shape index (κ2) is 6.01. The van der Waals surface area contributed by atoms with E-state index in [1.807, 2.05) is 0 Å². The van der Waals surface area contributed by atoms with Crippen molar-refractivity contribution in [1.82, 2.24) is 0 Å². The minimum absolute atomic E-state index is 0. The van der Waals surface area contributed by atoms with E-state index in [1.165, 1.54) is 27.8 Å². The van der Waals surface area contributed by atoms with Gasteiger partial charge in [-0.15, -0.1) is 0 Å². The molecule has 0 fully saturated rings. The number of aromatic nitrogens is 1. The van der Waals surface area contributed by atoms with Crippen LogP contribution in [0.3, 0.4) is 0 Å². The van der Waals surface area contributed by atoms with Crippen LogP contribution in [0.4, 0.5) is 0 Å². The molecule has 1 aromatic carbocycles. The molecule has 2 aromatic rings. The predicted octanol–water partition coefficient (Wildman–Crippen LogP) is 0.260. The van der Waals surface area contributed by atoms with Crippen LogP contribution in [0.1, 0.15) is 27.8 Å². The van der Waals surface area contributed by atoms with Crippen LogP contribution in [0.2, 0.25) is 0 Å². The van der Waals surface area contributed by atoms with Crippen LogP contribution in [0.25, 0.3) is 0 Å². The lowest BCUT2D eigenvalue weighted by Gasteiger charge is -2.08. The Morgan fingerprint density at radius 3 is 1.83 bits per heavy atom. The summed E-state index contributed by atoms with van der Waals surface area (Å²) in [4.78, 5) is 0. The van der Waals surface area contributed by atoms with Gasteiger partial charge < -0.3 is 12.4 Å². The Labute approximate surface area is 116 Å². The van der Waals surface area contributed by atoms with Gasteiger partial charge in [-0.3, -0.25) is 0 Å². The number of halogens is 1. The van der Waals surface area contributed by atoms with E-state index < -0.39 is 0 Å². The highest BCUT2D eigenvalue weighted by molar-refractivity contribution is 5.36. The van der Waals surface area contributed by atoms with Crippen molar-refractivity contribution in [3.63, 3.8) is 0 Å². The highest BCUT2D eigenvalue weighted by Crippen LogP contribution is 2.15. The van der Waals surface area contributed by atoms with Gasteiger partial charge in [0.25, 0.3) is 0 Å². The second-order valence-corrected chi connectivity index (χ2v) is 4.93.